The van der Waals surface area contributed by atoms with Gasteiger partial charge in [-0.05, 0) is 47.9 Å². The van der Waals surface area contributed by atoms with Gasteiger partial charge in [0.25, 0.3) is 0 Å². The number of alkyl halides is 3. The number of hydrogen-bond donors (Lipinski definition) is 3. The molecule has 9 nitrogen and oxygen atoms in total. The van der Waals surface area contributed by atoms with Crippen molar-refractivity contribution in [1.82, 2.24) is 20.5 Å². The number of aromatic nitrogens is 1. The van der Waals surface area contributed by atoms with E-state index in [9.17, 15) is 36.7 Å². The van der Waals surface area contributed by atoms with E-state index in [1.165, 1.54) is 24.3 Å². The molecule has 2 amide bonds. The van der Waals surface area contributed by atoms with E-state index in [0.717, 1.165) is 6.07 Å². The zero-order valence-electron chi connectivity index (χ0n) is 31.5. The van der Waals surface area contributed by atoms with Gasteiger partial charge < -0.3 is 20.4 Å². The molecule has 5 atom stereocenters. The molecule has 0 bridgehead atoms. The molecule has 1 saturated heterocycles. The van der Waals surface area contributed by atoms with Gasteiger partial charge in [-0.25, -0.2) is 4.39 Å². The van der Waals surface area contributed by atoms with Crippen molar-refractivity contribution in [2.75, 3.05) is 33.0 Å². The fraction of sp³-hybridized carbons (Fsp3) is 0.561. The number of halogens is 4. The number of rotatable bonds is 16. The third-order valence-electron chi connectivity index (χ3n) is 11.6. The molecule has 294 valence electrons. The maximum absolute atomic E-state index is 14.8. The number of aromatic amines is 1. The molecule has 1 aromatic heterocycles. The lowest BCUT2D eigenvalue weighted by Gasteiger charge is -2.39. The minimum Gasteiger partial charge on any atom is -0.379 e. The number of Topliss-reactive ketones (excluding diaryl/α,β-unsaturated/α-hetero) is 2. The number of ether oxygens (including phenoxy) is 1. The summed E-state index contributed by atoms with van der Waals surface area (Å²) in [4.78, 5) is 61.3. The highest BCUT2D eigenvalue weighted by molar-refractivity contribution is 5.99. The fourth-order valence-corrected chi connectivity index (χ4v) is 7.77. The summed E-state index contributed by atoms with van der Waals surface area (Å²) in [5.41, 5.74) is -1.19. The number of nitrogens with zero attached hydrogens (tertiary/aromatic N) is 1. The molecule has 2 aliphatic rings. The number of morpholine rings is 1. The monoisotopic (exact) mass is 756 g/mol. The predicted molar refractivity (Wildman–Crippen MR) is 197 cm³/mol. The van der Waals surface area contributed by atoms with Gasteiger partial charge in [-0.15, -0.1) is 0 Å². The van der Waals surface area contributed by atoms with Crippen molar-refractivity contribution in [3.63, 3.8) is 0 Å². The average molecular weight is 757 g/mol. The van der Waals surface area contributed by atoms with E-state index in [2.05, 4.69) is 20.5 Å². The van der Waals surface area contributed by atoms with Crippen LogP contribution in [0.2, 0.25) is 0 Å². The van der Waals surface area contributed by atoms with Crippen LogP contribution in [0.5, 0.6) is 0 Å². The highest BCUT2D eigenvalue weighted by Gasteiger charge is 2.47. The van der Waals surface area contributed by atoms with Crippen molar-refractivity contribution in [1.29, 1.82) is 0 Å². The van der Waals surface area contributed by atoms with Crippen LogP contribution in [0.1, 0.15) is 82.2 Å². The summed E-state index contributed by atoms with van der Waals surface area (Å²) in [5, 5.41) is 6.35. The van der Waals surface area contributed by atoms with Crippen LogP contribution in [0.3, 0.4) is 0 Å². The van der Waals surface area contributed by atoms with E-state index >= 15 is 0 Å². The number of para-hydroxylation sites is 1. The molecule has 0 spiro atoms. The minimum atomic E-state index is -4.62. The summed E-state index contributed by atoms with van der Waals surface area (Å²) < 4.78 is 62.1. The molecule has 54 heavy (non-hydrogen) atoms. The lowest BCUT2D eigenvalue weighted by Crippen LogP contribution is -2.60. The summed E-state index contributed by atoms with van der Waals surface area (Å²) in [6, 6.07) is 9.87. The first-order valence-corrected chi connectivity index (χ1v) is 19.0. The number of H-pyrrole nitrogens is 1. The van der Waals surface area contributed by atoms with Gasteiger partial charge in [-0.2, -0.15) is 13.2 Å². The van der Waals surface area contributed by atoms with E-state index in [1.807, 2.05) is 27.7 Å². The Kier molecular flexibility index (Phi) is 13.4. The summed E-state index contributed by atoms with van der Waals surface area (Å²) in [7, 11) is 0. The molecule has 2 heterocycles. The topological polar surface area (TPSA) is 121 Å². The molecule has 13 heteroatoms. The zero-order valence-corrected chi connectivity index (χ0v) is 31.5. The number of carbonyl (C=O) groups is 4. The second kappa shape index (κ2) is 17.6. The lowest BCUT2D eigenvalue weighted by molar-refractivity contribution is -0.139. The van der Waals surface area contributed by atoms with Crippen LogP contribution < -0.4 is 10.6 Å². The molecule has 3 N–H and O–H groups in total. The molecule has 2 unspecified atom stereocenters. The first-order chi connectivity index (χ1) is 25.7. The van der Waals surface area contributed by atoms with E-state index < -0.39 is 46.6 Å². The van der Waals surface area contributed by atoms with E-state index in [0.29, 0.717) is 62.5 Å². The van der Waals surface area contributed by atoms with E-state index in [-0.39, 0.29) is 73.1 Å². The number of benzene rings is 2. The summed E-state index contributed by atoms with van der Waals surface area (Å²) in [6.45, 7) is 10.3. The molecular formula is C41H52F4N4O5. The molecule has 1 aliphatic heterocycles. The number of nitrogens with one attached hydrogen (secondary N) is 3. The summed E-state index contributed by atoms with van der Waals surface area (Å²) >= 11 is 0. The quantitative estimate of drug-likeness (QED) is 0.143. The molecule has 0 saturated carbocycles. The molecule has 0 radical (unpaired) electrons. The first kappa shape index (κ1) is 41.1. The molecule has 5 rings (SSSR count). The Labute approximate surface area is 314 Å². The van der Waals surface area contributed by atoms with Crippen LogP contribution in [-0.2, 0) is 49.4 Å². The third-order valence-corrected chi connectivity index (χ3v) is 11.6. The zero-order chi connectivity index (χ0) is 39.2. The van der Waals surface area contributed by atoms with Gasteiger partial charge >= 0.3 is 6.18 Å². The standard InChI is InChI=1S/C41H52F4N4O5/c1-5-25(3)30(21-28(50)20-27-10-7-8-13-34(27)42)39(53)48-40(15-14-35-32(23-40)29-11-9-12-33(37(29)47-35)41(43,44)45)36(51)22-31(26(4)6-2)38(52)46-24-49-16-18-54-19-17-49/h7-13,25-26,30-31,47H,5-6,14-24H2,1-4H3,(H,46,52)(H,48,53)/t25?,26?,30-,31-,40+/m0/s1. The van der Waals surface area contributed by atoms with Crippen LogP contribution in [-0.4, -0.2) is 71.8 Å². The maximum Gasteiger partial charge on any atom is 0.418 e. The smallest absolute Gasteiger partial charge is 0.379 e. The van der Waals surface area contributed by atoms with Crippen molar-refractivity contribution in [2.24, 2.45) is 23.7 Å². The van der Waals surface area contributed by atoms with Gasteiger partial charge in [0.05, 0.1) is 31.0 Å². The van der Waals surface area contributed by atoms with Crippen molar-refractivity contribution in [3.05, 3.63) is 70.7 Å². The molecule has 2 aromatic carbocycles. The Morgan fingerprint density at radius 2 is 1.59 bits per heavy atom. The van der Waals surface area contributed by atoms with E-state index in [4.69, 9.17) is 4.74 Å². The second-order valence-electron chi connectivity index (χ2n) is 15.1. The molecular weight excluding hydrogens is 704 g/mol. The average Bonchev–Trinajstić information content (AvgIpc) is 3.52. The highest BCUT2D eigenvalue weighted by Crippen LogP contribution is 2.41. The number of hydrogen-bond acceptors (Lipinski definition) is 6. The van der Waals surface area contributed by atoms with Gasteiger partial charge in [0.1, 0.15) is 17.1 Å². The molecule has 1 fully saturated rings. The lowest BCUT2D eigenvalue weighted by atomic mass is 9.72. The Morgan fingerprint density at radius 3 is 2.24 bits per heavy atom. The largest absolute Gasteiger partial charge is 0.418 e. The molecule has 3 aromatic rings. The van der Waals surface area contributed by atoms with Crippen LogP contribution in [0.4, 0.5) is 17.6 Å². The number of ketones is 2. The Morgan fingerprint density at radius 1 is 0.926 bits per heavy atom. The van der Waals surface area contributed by atoms with Crippen LogP contribution in [0, 0.1) is 29.5 Å². The van der Waals surface area contributed by atoms with Gasteiger partial charge in [-0.1, -0.05) is 70.9 Å². The van der Waals surface area contributed by atoms with Crippen LogP contribution >= 0.6 is 0 Å². The number of aryl methyl sites for hydroxylation is 1. The fourth-order valence-electron chi connectivity index (χ4n) is 7.77. The summed E-state index contributed by atoms with van der Waals surface area (Å²) in [5.74, 6) is -4.15. The SMILES string of the molecule is CCC(C)[C@H](CC(=O)[C@@]1(NC(=O)[C@@H](CC(=O)Cc2ccccc2F)C(C)CC)CCc2[nH]c3c(C(F)(F)F)cccc3c2C1)C(=O)NCN1CCOCC1. The number of fused-ring (bicyclic) bond motifs is 3. The van der Waals surface area contributed by atoms with E-state index in [1.54, 1.807) is 12.1 Å². The Hall–Kier alpha value is -4.10. The second-order valence-corrected chi connectivity index (χ2v) is 15.1. The van der Waals surface area contributed by atoms with Crippen molar-refractivity contribution >= 4 is 34.3 Å². The molecule has 1 aliphatic carbocycles. The van der Waals surface area contributed by atoms with Crippen molar-refractivity contribution < 1.29 is 41.5 Å². The van der Waals surface area contributed by atoms with Gasteiger partial charge in [0.2, 0.25) is 11.8 Å². The normalized spacial score (nSPS) is 20.1. The summed E-state index contributed by atoms with van der Waals surface area (Å²) in [6.07, 6.45) is -3.90. The Balaban J connectivity index is 1.47. The van der Waals surface area contributed by atoms with Crippen LogP contribution in [0.25, 0.3) is 10.9 Å². The highest BCUT2D eigenvalue weighted by atomic mass is 19.4. The van der Waals surface area contributed by atoms with Crippen LogP contribution in [0.15, 0.2) is 42.5 Å². The number of carbonyl (C=O) groups excluding carboxylic acids is 4. The number of amides is 2. The first-order valence-electron chi connectivity index (χ1n) is 19.0. The van der Waals surface area contributed by atoms with Crippen molar-refractivity contribution in [2.45, 2.75) is 90.8 Å². The third kappa shape index (κ3) is 9.39. The van der Waals surface area contributed by atoms with Gasteiger partial charge in [0, 0.05) is 61.7 Å². The van der Waals surface area contributed by atoms with Gasteiger partial charge in [0.15, 0.2) is 5.78 Å². The van der Waals surface area contributed by atoms with Gasteiger partial charge in [-0.3, -0.25) is 24.1 Å². The Bertz CT molecular complexity index is 1820. The maximum atomic E-state index is 14.8. The van der Waals surface area contributed by atoms with Crippen molar-refractivity contribution in [3.8, 4) is 0 Å². The predicted octanol–water partition coefficient (Wildman–Crippen LogP) is 6.56. The minimum absolute atomic E-state index is 0.0811.